The van der Waals surface area contributed by atoms with Crippen LogP contribution in [0, 0.1) is 6.92 Å². The average Bonchev–Trinajstić information content (AvgIpc) is 3.24. The Hall–Kier alpha value is -2.29. The molecule has 0 N–H and O–H groups in total. The molecule has 3 aromatic rings. The Morgan fingerprint density at radius 1 is 1.00 bits per heavy atom. The Morgan fingerprint density at radius 3 is 2.33 bits per heavy atom. The van der Waals surface area contributed by atoms with E-state index in [-0.39, 0.29) is 23.0 Å². The molecule has 1 amide bonds. The third kappa shape index (κ3) is 6.19. The molecule has 0 atom stereocenters. The number of nitrogens with zero attached hydrogens (tertiary/aromatic N) is 3. The molecule has 3 rings (SSSR count). The van der Waals surface area contributed by atoms with Crippen LogP contribution in [0.3, 0.4) is 0 Å². The molecule has 0 spiro atoms. The number of carbonyl (C=O) groups is 1. The van der Waals surface area contributed by atoms with E-state index in [1.54, 1.807) is 29.2 Å². The number of rotatable bonds is 11. The highest BCUT2D eigenvalue weighted by atomic mass is 32.2. The molecule has 0 saturated carbocycles. The zero-order valence-corrected chi connectivity index (χ0v) is 21.5. The highest BCUT2D eigenvalue weighted by Crippen LogP contribution is 2.31. The number of benzene rings is 2. The first-order valence-corrected chi connectivity index (χ1v) is 14.0. The molecule has 0 radical (unpaired) electrons. The molecule has 0 bridgehead atoms. The summed E-state index contributed by atoms with van der Waals surface area (Å²) in [6.45, 7) is 11.2. The van der Waals surface area contributed by atoms with Crippen LogP contribution in [0.4, 0.5) is 5.13 Å². The van der Waals surface area contributed by atoms with Crippen molar-refractivity contribution in [1.82, 2.24) is 9.88 Å². The number of aromatic nitrogens is 1. The van der Waals surface area contributed by atoms with Crippen molar-refractivity contribution in [2.75, 3.05) is 36.8 Å². The minimum absolute atomic E-state index is 0.0784. The van der Waals surface area contributed by atoms with Gasteiger partial charge in [0.25, 0.3) is 0 Å². The molecular weight excluding hydrogens is 454 g/mol. The normalized spacial score (nSPS) is 11.9. The quantitative estimate of drug-likeness (QED) is 0.392. The second-order valence-corrected chi connectivity index (χ2v) is 11.2. The van der Waals surface area contributed by atoms with Crippen LogP contribution in [-0.4, -0.2) is 56.1 Å². The van der Waals surface area contributed by atoms with Gasteiger partial charge in [-0.3, -0.25) is 9.69 Å². The maximum Gasteiger partial charge on any atom is 0.229 e. The molecule has 178 valence electrons. The molecule has 0 aliphatic rings. The van der Waals surface area contributed by atoms with Crippen LogP contribution >= 0.6 is 11.3 Å². The summed E-state index contributed by atoms with van der Waals surface area (Å²) in [4.78, 5) is 22.3. The highest BCUT2D eigenvalue weighted by Gasteiger charge is 2.24. The lowest BCUT2D eigenvalue weighted by atomic mass is 10.1. The van der Waals surface area contributed by atoms with Gasteiger partial charge in [0.15, 0.2) is 15.0 Å². The van der Waals surface area contributed by atoms with Crippen LogP contribution in [0.5, 0.6) is 0 Å². The maximum atomic E-state index is 13.3. The Labute approximate surface area is 201 Å². The molecule has 1 aromatic heterocycles. The van der Waals surface area contributed by atoms with E-state index in [0.29, 0.717) is 18.2 Å². The Kier molecular flexibility index (Phi) is 8.62. The fourth-order valence-corrected chi connectivity index (χ4v) is 6.01. The second-order valence-electron chi connectivity index (χ2n) is 8.07. The summed E-state index contributed by atoms with van der Waals surface area (Å²) in [5, 5.41) is 0.635. The van der Waals surface area contributed by atoms with Gasteiger partial charge in [0.2, 0.25) is 5.91 Å². The summed E-state index contributed by atoms with van der Waals surface area (Å²) in [6, 6.07) is 12.8. The molecule has 33 heavy (non-hydrogen) atoms. The van der Waals surface area contributed by atoms with Crippen LogP contribution in [0.1, 0.15) is 38.3 Å². The number of aryl methyl sites for hydroxylation is 2. The summed E-state index contributed by atoms with van der Waals surface area (Å²) >= 11 is 1.49. The van der Waals surface area contributed by atoms with Gasteiger partial charge in [-0.15, -0.1) is 0 Å². The van der Waals surface area contributed by atoms with Gasteiger partial charge >= 0.3 is 0 Å². The van der Waals surface area contributed by atoms with Gasteiger partial charge in [0.05, 0.1) is 20.9 Å². The number of hydrogen-bond donors (Lipinski definition) is 0. The number of thiazole rings is 1. The molecular formula is C25H33N3O3S2. The number of fused-ring (bicyclic) bond motifs is 1. The van der Waals surface area contributed by atoms with Crippen molar-refractivity contribution in [3.8, 4) is 0 Å². The van der Waals surface area contributed by atoms with E-state index in [4.69, 9.17) is 4.98 Å². The first-order valence-electron chi connectivity index (χ1n) is 11.5. The number of anilines is 1. The minimum Gasteiger partial charge on any atom is -0.302 e. The van der Waals surface area contributed by atoms with Gasteiger partial charge in [-0.1, -0.05) is 61.9 Å². The van der Waals surface area contributed by atoms with Crippen molar-refractivity contribution in [1.29, 1.82) is 0 Å². The number of sulfone groups is 1. The summed E-state index contributed by atoms with van der Waals surface area (Å²) < 4.78 is 26.6. The number of carbonyl (C=O) groups excluding carboxylic acids is 1. The number of hydrogen-bond acceptors (Lipinski definition) is 6. The van der Waals surface area contributed by atoms with E-state index in [1.165, 1.54) is 11.3 Å². The fraction of sp³-hybridized carbons (Fsp3) is 0.440. The lowest BCUT2D eigenvalue weighted by molar-refractivity contribution is -0.118. The lowest BCUT2D eigenvalue weighted by Crippen LogP contribution is -2.39. The van der Waals surface area contributed by atoms with Crippen LogP contribution in [-0.2, 0) is 21.1 Å². The van der Waals surface area contributed by atoms with Crippen LogP contribution in [0.15, 0.2) is 47.4 Å². The van der Waals surface area contributed by atoms with Crippen molar-refractivity contribution in [3.05, 3.63) is 53.6 Å². The van der Waals surface area contributed by atoms with Gasteiger partial charge in [0, 0.05) is 19.5 Å². The largest absolute Gasteiger partial charge is 0.302 e. The van der Waals surface area contributed by atoms with Crippen molar-refractivity contribution < 1.29 is 13.2 Å². The standard InChI is InChI=1S/C25H33N3O3S2/c1-5-20-9-8-10-22-24(20)26-25(32-22)28(17-16-27(6-2)7-3)23(29)15-18-33(30,31)21-13-11-19(4)12-14-21/h8-14H,5-7,15-18H2,1-4H3. The summed E-state index contributed by atoms with van der Waals surface area (Å²) in [5.74, 6) is -0.433. The van der Waals surface area contributed by atoms with Crippen molar-refractivity contribution >= 4 is 42.4 Å². The van der Waals surface area contributed by atoms with Gasteiger partial charge < -0.3 is 4.90 Å². The molecule has 0 saturated heterocycles. The van der Waals surface area contributed by atoms with Crippen LogP contribution in [0.25, 0.3) is 10.2 Å². The lowest BCUT2D eigenvalue weighted by Gasteiger charge is -2.24. The second kappa shape index (κ2) is 11.2. The Bertz CT molecular complexity index is 1180. The van der Waals surface area contributed by atoms with E-state index in [9.17, 15) is 13.2 Å². The predicted octanol–water partition coefficient (Wildman–Crippen LogP) is 4.71. The molecule has 2 aromatic carbocycles. The molecule has 0 fully saturated rings. The van der Waals surface area contributed by atoms with Gasteiger partial charge in [0.1, 0.15) is 0 Å². The summed E-state index contributed by atoms with van der Waals surface area (Å²) in [6.07, 6.45) is 0.785. The molecule has 6 nitrogen and oxygen atoms in total. The predicted molar refractivity (Wildman–Crippen MR) is 137 cm³/mol. The van der Waals surface area contributed by atoms with E-state index in [2.05, 4.69) is 31.7 Å². The Morgan fingerprint density at radius 2 is 1.70 bits per heavy atom. The number of likely N-dealkylation sites (N-methyl/N-ethyl adjacent to an activating group) is 1. The average molecular weight is 488 g/mol. The molecule has 1 heterocycles. The molecule has 0 aliphatic heterocycles. The zero-order chi connectivity index (χ0) is 24.0. The number of para-hydroxylation sites is 1. The van der Waals surface area contributed by atoms with E-state index >= 15 is 0 Å². The van der Waals surface area contributed by atoms with Crippen LogP contribution < -0.4 is 4.90 Å². The molecule has 0 unspecified atom stereocenters. The molecule has 0 aliphatic carbocycles. The fourth-order valence-electron chi connectivity index (χ4n) is 3.72. The van der Waals surface area contributed by atoms with Gasteiger partial charge in [-0.2, -0.15) is 0 Å². The first kappa shape index (κ1) is 25.3. The minimum atomic E-state index is -3.54. The smallest absolute Gasteiger partial charge is 0.229 e. The van der Waals surface area contributed by atoms with Crippen LogP contribution in [0.2, 0.25) is 0 Å². The first-order chi connectivity index (χ1) is 15.8. The van der Waals surface area contributed by atoms with Gasteiger partial charge in [-0.05, 0) is 50.2 Å². The van der Waals surface area contributed by atoms with E-state index in [0.717, 1.165) is 40.9 Å². The summed E-state index contributed by atoms with van der Waals surface area (Å²) in [7, 11) is -3.54. The van der Waals surface area contributed by atoms with E-state index in [1.807, 2.05) is 19.1 Å². The molecule has 8 heteroatoms. The topological polar surface area (TPSA) is 70.6 Å². The van der Waals surface area contributed by atoms with Crippen molar-refractivity contribution in [3.63, 3.8) is 0 Å². The van der Waals surface area contributed by atoms with Crippen molar-refractivity contribution in [2.45, 2.75) is 45.4 Å². The Balaban J connectivity index is 1.84. The zero-order valence-electron chi connectivity index (χ0n) is 19.9. The third-order valence-corrected chi connectivity index (χ3v) is 8.68. The van der Waals surface area contributed by atoms with Crippen molar-refractivity contribution in [2.24, 2.45) is 0 Å². The maximum absolute atomic E-state index is 13.3. The van der Waals surface area contributed by atoms with Gasteiger partial charge in [-0.25, -0.2) is 13.4 Å². The summed E-state index contributed by atoms with van der Waals surface area (Å²) in [5.41, 5.74) is 3.07. The monoisotopic (exact) mass is 487 g/mol. The highest BCUT2D eigenvalue weighted by molar-refractivity contribution is 7.91. The third-order valence-electron chi connectivity index (χ3n) is 5.90. The number of amides is 1. The SMILES string of the molecule is CCc1cccc2sc(N(CCN(CC)CC)C(=O)CCS(=O)(=O)c3ccc(C)cc3)nc12. The van der Waals surface area contributed by atoms with E-state index < -0.39 is 9.84 Å².